The fourth-order valence-electron chi connectivity index (χ4n) is 2.20. The Bertz CT molecular complexity index is 438. The van der Waals surface area contributed by atoms with Gasteiger partial charge in [0.15, 0.2) is 0 Å². The van der Waals surface area contributed by atoms with Gasteiger partial charge in [-0.05, 0) is 30.4 Å². The lowest BCUT2D eigenvalue weighted by molar-refractivity contribution is 0.100. The monoisotopic (exact) mass is 233 g/mol. The molecule has 1 aromatic carbocycles. The predicted molar refractivity (Wildman–Crippen MR) is 69.8 cm³/mol. The molecule has 0 unspecified atom stereocenters. The number of carbonyl (C=O) groups excluding carboxylic acids is 1. The van der Waals surface area contributed by atoms with Gasteiger partial charge in [0, 0.05) is 6.54 Å². The van der Waals surface area contributed by atoms with Gasteiger partial charge in [-0.3, -0.25) is 4.79 Å². The summed E-state index contributed by atoms with van der Waals surface area (Å²) in [5.41, 5.74) is 13.2. The predicted octanol–water partition coefficient (Wildman–Crippen LogP) is 1.97. The van der Waals surface area contributed by atoms with Crippen LogP contribution in [0.15, 0.2) is 18.2 Å². The molecule has 0 spiro atoms. The molecule has 0 heterocycles. The zero-order valence-corrected chi connectivity index (χ0v) is 10.1. The highest BCUT2D eigenvalue weighted by atomic mass is 16.1. The summed E-state index contributed by atoms with van der Waals surface area (Å²) < 4.78 is 0. The van der Waals surface area contributed by atoms with Crippen LogP contribution in [0.1, 0.15) is 36.5 Å². The van der Waals surface area contributed by atoms with Crippen molar-refractivity contribution in [3.63, 3.8) is 0 Å². The van der Waals surface area contributed by atoms with Crippen LogP contribution in [0.4, 0.5) is 11.4 Å². The molecule has 0 aromatic heterocycles. The maximum Gasteiger partial charge on any atom is 0.250 e. The van der Waals surface area contributed by atoms with Crippen LogP contribution in [0.2, 0.25) is 0 Å². The SMILES string of the molecule is CC1(CNc2cccc(C(N)=O)c2N)CCC1. The minimum absolute atomic E-state index is 0.370. The van der Waals surface area contributed by atoms with Gasteiger partial charge in [-0.15, -0.1) is 0 Å². The number of benzene rings is 1. The molecule has 0 saturated heterocycles. The maximum atomic E-state index is 11.2. The molecule has 1 fully saturated rings. The van der Waals surface area contributed by atoms with Crippen molar-refractivity contribution < 1.29 is 4.79 Å². The number of carbonyl (C=O) groups is 1. The van der Waals surface area contributed by atoms with Gasteiger partial charge in [0.25, 0.3) is 5.91 Å². The third kappa shape index (κ3) is 2.35. The van der Waals surface area contributed by atoms with E-state index in [1.165, 1.54) is 19.3 Å². The molecule has 1 aliphatic rings. The standard InChI is InChI=1S/C13H19N3O/c1-13(6-3-7-13)8-16-10-5-2-4-9(11(10)14)12(15)17/h2,4-5,16H,3,6-8,14H2,1H3,(H2,15,17). The van der Waals surface area contributed by atoms with E-state index >= 15 is 0 Å². The summed E-state index contributed by atoms with van der Waals surface area (Å²) in [5, 5.41) is 3.32. The van der Waals surface area contributed by atoms with E-state index in [0.29, 0.717) is 16.7 Å². The summed E-state index contributed by atoms with van der Waals surface area (Å²) in [5.74, 6) is -0.485. The first-order chi connectivity index (χ1) is 8.02. The molecule has 92 valence electrons. The highest BCUT2D eigenvalue weighted by Crippen LogP contribution is 2.40. The van der Waals surface area contributed by atoms with Crippen molar-refractivity contribution in [1.29, 1.82) is 0 Å². The van der Waals surface area contributed by atoms with Crippen molar-refractivity contribution in [2.75, 3.05) is 17.6 Å². The quantitative estimate of drug-likeness (QED) is 0.695. The molecule has 2 rings (SSSR count). The number of rotatable bonds is 4. The largest absolute Gasteiger partial charge is 0.396 e. The second kappa shape index (κ2) is 4.28. The summed E-state index contributed by atoms with van der Waals surface area (Å²) >= 11 is 0. The van der Waals surface area contributed by atoms with Gasteiger partial charge in [0.1, 0.15) is 0 Å². The van der Waals surface area contributed by atoms with Gasteiger partial charge in [0.05, 0.1) is 16.9 Å². The average Bonchev–Trinajstić information content (AvgIpc) is 2.25. The van der Waals surface area contributed by atoms with E-state index in [1.807, 2.05) is 6.07 Å². The van der Waals surface area contributed by atoms with Crippen molar-refractivity contribution in [1.82, 2.24) is 0 Å². The number of para-hydroxylation sites is 1. The van der Waals surface area contributed by atoms with Crippen LogP contribution >= 0.6 is 0 Å². The zero-order chi connectivity index (χ0) is 12.5. The second-order valence-corrected chi connectivity index (χ2v) is 5.15. The lowest BCUT2D eigenvalue weighted by Gasteiger charge is -2.38. The second-order valence-electron chi connectivity index (χ2n) is 5.15. The number of nitrogen functional groups attached to an aromatic ring is 1. The molecule has 1 aromatic rings. The van der Waals surface area contributed by atoms with Crippen molar-refractivity contribution >= 4 is 17.3 Å². The first kappa shape index (κ1) is 11.8. The van der Waals surface area contributed by atoms with Gasteiger partial charge in [-0.1, -0.05) is 19.4 Å². The summed E-state index contributed by atoms with van der Waals surface area (Å²) in [6, 6.07) is 5.32. The van der Waals surface area contributed by atoms with E-state index in [9.17, 15) is 4.79 Å². The highest BCUT2D eigenvalue weighted by molar-refractivity contribution is 6.00. The van der Waals surface area contributed by atoms with E-state index in [4.69, 9.17) is 11.5 Å². The normalized spacial score (nSPS) is 17.2. The Labute approximate surface area is 101 Å². The van der Waals surface area contributed by atoms with Gasteiger partial charge < -0.3 is 16.8 Å². The molecule has 5 N–H and O–H groups in total. The van der Waals surface area contributed by atoms with E-state index in [1.54, 1.807) is 12.1 Å². The highest BCUT2D eigenvalue weighted by Gasteiger charge is 2.31. The Morgan fingerprint density at radius 3 is 2.71 bits per heavy atom. The van der Waals surface area contributed by atoms with Crippen LogP contribution < -0.4 is 16.8 Å². The van der Waals surface area contributed by atoms with Crippen LogP contribution in [0, 0.1) is 5.41 Å². The van der Waals surface area contributed by atoms with Crippen LogP contribution in [0.3, 0.4) is 0 Å². The lowest BCUT2D eigenvalue weighted by atomic mass is 9.70. The molecular formula is C13H19N3O. The van der Waals surface area contributed by atoms with E-state index < -0.39 is 5.91 Å². The third-order valence-electron chi connectivity index (χ3n) is 3.64. The number of anilines is 2. The number of hydrogen-bond acceptors (Lipinski definition) is 3. The summed E-state index contributed by atoms with van der Waals surface area (Å²) in [7, 11) is 0. The minimum atomic E-state index is -0.485. The summed E-state index contributed by atoms with van der Waals surface area (Å²) in [4.78, 5) is 11.2. The van der Waals surface area contributed by atoms with Gasteiger partial charge in [-0.2, -0.15) is 0 Å². The Balaban J connectivity index is 2.10. The van der Waals surface area contributed by atoms with E-state index in [2.05, 4.69) is 12.2 Å². The third-order valence-corrected chi connectivity index (χ3v) is 3.64. The first-order valence-electron chi connectivity index (χ1n) is 5.94. The molecule has 0 aliphatic heterocycles. The maximum absolute atomic E-state index is 11.2. The zero-order valence-electron chi connectivity index (χ0n) is 10.1. The van der Waals surface area contributed by atoms with E-state index in [-0.39, 0.29) is 0 Å². The Morgan fingerprint density at radius 2 is 2.18 bits per heavy atom. The fraction of sp³-hybridized carbons (Fsp3) is 0.462. The molecule has 0 radical (unpaired) electrons. The van der Waals surface area contributed by atoms with Gasteiger partial charge in [-0.25, -0.2) is 0 Å². The average molecular weight is 233 g/mol. The molecule has 1 saturated carbocycles. The molecule has 1 amide bonds. The first-order valence-corrected chi connectivity index (χ1v) is 5.94. The smallest absolute Gasteiger partial charge is 0.250 e. The number of nitrogens with two attached hydrogens (primary N) is 2. The van der Waals surface area contributed by atoms with Crippen molar-refractivity contribution in [2.45, 2.75) is 26.2 Å². The molecule has 0 bridgehead atoms. The van der Waals surface area contributed by atoms with Gasteiger partial charge >= 0.3 is 0 Å². The summed E-state index contributed by atoms with van der Waals surface area (Å²) in [6.07, 6.45) is 3.79. The Morgan fingerprint density at radius 1 is 1.47 bits per heavy atom. The lowest BCUT2D eigenvalue weighted by Crippen LogP contribution is -2.33. The number of hydrogen-bond donors (Lipinski definition) is 3. The molecule has 17 heavy (non-hydrogen) atoms. The van der Waals surface area contributed by atoms with Crippen molar-refractivity contribution in [3.8, 4) is 0 Å². The van der Waals surface area contributed by atoms with Crippen LogP contribution in [-0.2, 0) is 0 Å². The van der Waals surface area contributed by atoms with E-state index in [0.717, 1.165) is 12.2 Å². The van der Waals surface area contributed by atoms with Crippen molar-refractivity contribution in [2.24, 2.45) is 11.1 Å². The van der Waals surface area contributed by atoms with Gasteiger partial charge in [0.2, 0.25) is 0 Å². The molecular weight excluding hydrogens is 214 g/mol. The Hall–Kier alpha value is -1.71. The topological polar surface area (TPSA) is 81.1 Å². The molecule has 1 aliphatic carbocycles. The van der Waals surface area contributed by atoms with Crippen LogP contribution in [0.5, 0.6) is 0 Å². The molecule has 4 nitrogen and oxygen atoms in total. The minimum Gasteiger partial charge on any atom is -0.396 e. The number of primary amides is 1. The fourth-order valence-corrected chi connectivity index (χ4v) is 2.20. The van der Waals surface area contributed by atoms with Crippen LogP contribution in [0.25, 0.3) is 0 Å². The van der Waals surface area contributed by atoms with Crippen molar-refractivity contribution in [3.05, 3.63) is 23.8 Å². The number of nitrogens with one attached hydrogen (secondary N) is 1. The number of amides is 1. The molecule has 0 atom stereocenters. The molecule has 4 heteroatoms. The van der Waals surface area contributed by atoms with Crippen LogP contribution in [-0.4, -0.2) is 12.5 Å². The summed E-state index contributed by atoms with van der Waals surface area (Å²) in [6.45, 7) is 3.15. The Kier molecular flexibility index (Phi) is 2.96.